The molecule has 0 radical (unpaired) electrons. The fourth-order valence-corrected chi connectivity index (χ4v) is 9.26. The number of hydrogen-bond donors (Lipinski definition) is 1. The van der Waals surface area contributed by atoms with Crippen molar-refractivity contribution in [3.63, 3.8) is 0 Å². The van der Waals surface area contributed by atoms with Crippen molar-refractivity contribution in [1.82, 2.24) is 74.8 Å². The van der Waals surface area contributed by atoms with Crippen LogP contribution in [0.15, 0.2) is 165 Å². The van der Waals surface area contributed by atoms with Crippen molar-refractivity contribution in [3.8, 4) is 57.2 Å². The molecule has 0 saturated heterocycles. The van der Waals surface area contributed by atoms with Gasteiger partial charge in [0.15, 0.2) is 58.0 Å². The molecule has 1 N–H and O–H groups in total. The zero-order valence-electron chi connectivity index (χ0n) is 59.1. The molecule has 16 nitrogen and oxygen atoms in total. The molecule has 530 valence electrons. The normalized spacial score (nSPS) is 11.4. The molecule has 11 rings (SSSR count). The number of nitrogens with zero attached hydrogens (tertiary/aromatic N) is 15. The van der Waals surface area contributed by atoms with Crippen molar-refractivity contribution in [3.05, 3.63) is 245 Å². The summed E-state index contributed by atoms with van der Waals surface area (Å²) < 4.78 is 117. The van der Waals surface area contributed by atoms with Crippen molar-refractivity contribution in [1.29, 1.82) is 0 Å². The third kappa shape index (κ3) is 23.4. The highest BCUT2D eigenvalue weighted by atomic mass is 19.4. The fourth-order valence-electron chi connectivity index (χ4n) is 9.26. The molecule has 11 aromatic rings. The molecule has 0 fully saturated rings. The third-order valence-electron chi connectivity index (χ3n) is 15.0. The van der Waals surface area contributed by atoms with Gasteiger partial charge in [0.2, 0.25) is 0 Å². The van der Waals surface area contributed by atoms with E-state index in [0.717, 1.165) is 57.4 Å². The van der Waals surface area contributed by atoms with Crippen LogP contribution in [0.5, 0.6) is 0 Å². The molecule has 25 heteroatoms. The van der Waals surface area contributed by atoms with Gasteiger partial charge in [0.1, 0.15) is 11.4 Å². The van der Waals surface area contributed by atoms with E-state index in [4.69, 9.17) is 0 Å². The second-order valence-electron chi connectivity index (χ2n) is 25.4. The maximum absolute atomic E-state index is 13.1. The number of aliphatic hydroxyl groups is 1. The van der Waals surface area contributed by atoms with E-state index in [1.165, 1.54) is 42.1 Å². The van der Waals surface area contributed by atoms with Gasteiger partial charge in [-0.15, -0.1) is 0 Å². The molecule has 101 heavy (non-hydrogen) atoms. The standard InChI is InChI=1S/2C13H12F3N3.C13H11F3N2.2C13H15N3.C11H17NO/c1-8(2)10-7-18-12(9-3-5-17-6-4-9)19-11(10)13(14,15)16;1-8(2)9-7-18-12(10-5-3-4-6-17-10)19-11(9)13(14,15)16;1-7(2)9-5-17-13(18-6-9)8-3-10(14)12(16)11(15)4-8;1-9(2)12-8-15-13(16-10(12)3)11-4-6-14-7-5-11;1-9(2)11-8-15-13(16-10(11)3)12-6-4-5-7-14-12;1-8(2)10-6-5-9(7-12-10)11(3,4)13/h2*3-8H,1-2H3;3-7H,1-2H3;2*4-9H,1-3H3;5-8,13H,1-4H3. The number of halogens is 9. The Morgan fingerprint density at radius 1 is 0.356 bits per heavy atom. The maximum Gasteiger partial charge on any atom is 0.433 e. The van der Waals surface area contributed by atoms with Gasteiger partial charge in [0, 0.05) is 131 Å². The second-order valence-corrected chi connectivity index (χ2v) is 25.4. The molecule has 0 amide bonds. The summed E-state index contributed by atoms with van der Waals surface area (Å²) in [5.41, 5.74) is 7.74. The van der Waals surface area contributed by atoms with Crippen molar-refractivity contribution in [2.45, 2.75) is 164 Å². The van der Waals surface area contributed by atoms with E-state index < -0.39 is 46.8 Å². The minimum atomic E-state index is -4.49. The van der Waals surface area contributed by atoms with E-state index in [9.17, 15) is 44.6 Å². The lowest BCUT2D eigenvalue weighted by atomic mass is 9.99. The average Bonchev–Trinajstić information content (AvgIpc) is 0.817. The highest BCUT2D eigenvalue weighted by Crippen LogP contribution is 2.36. The largest absolute Gasteiger partial charge is 0.433 e. The van der Waals surface area contributed by atoms with Crippen molar-refractivity contribution in [2.24, 2.45) is 0 Å². The summed E-state index contributed by atoms with van der Waals surface area (Å²) in [4.78, 5) is 61.4. The van der Waals surface area contributed by atoms with Crippen LogP contribution >= 0.6 is 0 Å². The van der Waals surface area contributed by atoms with Crippen LogP contribution in [-0.4, -0.2) is 79.9 Å². The first kappa shape index (κ1) is 79.7. The Bertz CT molecular complexity index is 4150. The molecule has 0 bridgehead atoms. The number of benzene rings is 1. The third-order valence-corrected chi connectivity index (χ3v) is 15.0. The molecule has 0 spiro atoms. The minimum Gasteiger partial charge on any atom is -0.386 e. The Morgan fingerprint density at radius 2 is 0.733 bits per heavy atom. The van der Waals surface area contributed by atoms with Crippen LogP contribution in [0.4, 0.5) is 39.5 Å². The fraction of sp³-hybridized carbons (Fsp3) is 0.329. The molecule has 0 aliphatic heterocycles. The van der Waals surface area contributed by atoms with Crippen LogP contribution in [0.3, 0.4) is 0 Å². The summed E-state index contributed by atoms with van der Waals surface area (Å²) in [6.07, 6.45) is 12.0. The Labute approximate surface area is 583 Å². The van der Waals surface area contributed by atoms with Gasteiger partial charge in [0.05, 0.1) is 5.60 Å². The SMILES string of the molecule is CC(C)c1ccc(C(C)(C)O)cn1.CC(C)c1cnc(-c2cc(F)c(F)c(F)c2)nc1.CC(C)c1cnc(-c2ccccn2)nc1C(F)(F)F.CC(C)c1cnc(-c2ccncc2)nc1C(F)(F)F.Cc1nc(-c2ccccn2)ncc1C(C)C.Cc1nc(-c2ccncc2)ncc1C(C)C. The van der Waals surface area contributed by atoms with Crippen molar-refractivity contribution in [2.75, 3.05) is 0 Å². The average molecular weight is 1390 g/mol. The number of aryl methyl sites for hydroxylation is 2. The van der Waals surface area contributed by atoms with Gasteiger partial charge in [0.25, 0.3) is 0 Å². The van der Waals surface area contributed by atoms with Gasteiger partial charge in [-0.2, -0.15) is 26.3 Å². The Morgan fingerprint density at radius 3 is 1.08 bits per heavy atom. The summed E-state index contributed by atoms with van der Waals surface area (Å²) in [5.74, 6) is -1.28. The van der Waals surface area contributed by atoms with E-state index in [0.29, 0.717) is 34.8 Å². The summed E-state index contributed by atoms with van der Waals surface area (Å²) in [6.45, 7) is 31.0. The van der Waals surface area contributed by atoms with E-state index in [1.54, 1.807) is 109 Å². The molecule has 0 atom stereocenters. The molecule has 0 aliphatic carbocycles. The lowest BCUT2D eigenvalue weighted by Gasteiger charge is -2.17. The topological polar surface area (TPSA) is 214 Å². The van der Waals surface area contributed by atoms with Crippen molar-refractivity contribution >= 4 is 0 Å². The molecule has 10 heterocycles. The van der Waals surface area contributed by atoms with E-state index in [-0.39, 0.29) is 51.9 Å². The number of rotatable bonds is 12. The lowest BCUT2D eigenvalue weighted by Crippen LogP contribution is -2.15. The highest BCUT2D eigenvalue weighted by Gasteiger charge is 2.38. The van der Waals surface area contributed by atoms with E-state index >= 15 is 0 Å². The Balaban J connectivity index is 0.000000191. The first-order valence-corrected chi connectivity index (χ1v) is 32.4. The number of pyridine rings is 5. The molecule has 0 saturated carbocycles. The first-order valence-electron chi connectivity index (χ1n) is 32.4. The van der Waals surface area contributed by atoms with Gasteiger partial charge in [-0.3, -0.25) is 24.9 Å². The summed E-state index contributed by atoms with van der Waals surface area (Å²) >= 11 is 0. The van der Waals surface area contributed by atoms with Crippen LogP contribution in [0.25, 0.3) is 57.2 Å². The first-order chi connectivity index (χ1) is 47.5. The van der Waals surface area contributed by atoms with Gasteiger partial charge in [-0.25, -0.2) is 63.0 Å². The lowest BCUT2D eigenvalue weighted by molar-refractivity contribution is -0.142. The second kappa shape index (κ2) is 36.2. The Hall–Kier alpha value is -10.3. The highest BCUT2D eigenvalue weighted by molar-refractivity contribution is 5.57. The van der Waals surface area contributed by atoms with Crippen LogP contribution in [-0.2, 0) is 18.0 Å². The zero-order valence-corrected chi connectivity index (χ0v) is 59.1. The van der Waals surface area contributed by atoms with Crippen LogP contribution in [0, 0.1) is 31.3 Å². The molecule has 1 aromatic carbocycles. The van der Waals surface area contributed by atoms with Crippen LogP contribution < -0.4 is 0 Å². The van der Waals surface area contributed by atoms with Gasteiger partial charge in [-0.05, 0) is 147 Å². The molecule has 0 unspecified atom stereocenters. The summed E-state index contributed by atoms with van der Waals surface area (Å²) in [7, 11) is 0. The monoisotopic (exact) mass is 1390 g/mol. The quantitative estimate of drug-likeness (QED) is 0.0889. The van der Waals surface area contributed by atoms with Crippen LogP contribution in [0.1, 0.15) is 194 Å². The van der Waals surface area contributed by atoms with Gasteiger partial charge in [-0.1, -0.05) is 101 Å². The number of aromatic nitrogens is 15. The smallest absolute Gasteiger partial charge is 0.386 e. The molecule has 10 aromatic heterocycles. The predicted molar refractivity (Wildman–Crippen MR) is 372 cm³/mol. The van der Waals surface area contributed by atoms with E-state index in [1.807, 2.05) is 82.6 Å². The van der Waals surface area contributed by atoms with Gasteiger partial charge < -0.3 is 5.11 Å². The summed E-state index contributed by atoms with van der Waals surface area (Å²) in [6, 6.07) is 23.3. The molecular weight excluding hydrogens is 1310 g/mol. The number of alkyl halides is 6. The number of hydrogen-bond acceptors (Lipinski definition) is 16. The van der Waals surface area contributed by atoms with Crippen LogP contribution in [0.2, 0.25) is 0 Å². The molecular formula is C76H82F9N15O. The summed E-state index contributed by atoms with van der Waals surface area (Å²) in [5, 5.41) is 9.68. The zero-order chi connectivity index (χ0) is 74.5. The predicted octanol–water partition coefficient (Wildman–Crippen LogP) is 19.4. The Kier molecular flexibility index (Phi) is 28.5. The van der Waals surface area contributed by atoms with E-state index in [2.05, 4.69) is 116 Å². The minimum absolute atomic E-state index is 0.0164. The van der Waals surface area contributed by atoms with Crippen molar-refractivity contribution < 1.29 is 44.6 Å². The maximum atomic E-state index is 13.1. The van der Waals surface area contributed by atoms with Gasteiger partial charge >= 0.3 is 12.4 Å². The molecule has 0 aliphatic rings.